The third-order valence-electron chi connectivity index (χ3n) is 1.57. The molecule has 0 aliphatic rings. The Labute approximate surface area is 85.0 Å². The van der Waals surface area contributed by atoms with Crippen molar-refractivity contribution in [3.05, 3.63) is 22.2 Å². The molecule has 0 saturated heterocycles. The van der Waals surface area contributed by atoms with Gasteiger partial charge in [-0.2, -0.15) is 5.26 Å². The zero-order chi connectivity index (χ0) is 9.84. The second-order valence-electron chi connectivity index (χ2n) is 2.31. The lowest BCUT2D eigenvalue weighted by Gasteiger charge is -2.08. The molecule has 0 heterocycles. The number of nitriles is 1. The average Bonchev–Trinajstić information content (AvgIpc) is 2.18. The van der Waals surface area contributed by atoms with Crippen molar-refractivity contribution < 1.29 is 9.47 Å². The molecule has 0 radical (unpaired) electrons. The van der Waals surface area contributed by atoms with Gasteiger partial charge in [0.1, 0.15) is 16.0 Å². The topological polar surface area (TPSA) is 42.2 Å². The standard InChI is InChI=1S/C9H8BrNO2/c1-12-7-3-6(5-11)4-8(13-2)9(7)10/h3-4H,1-2H3. The molecule has 1 rings (SSSR count). The highest BCUT2D eigenvalue weighted by Crippen LogP contribution is 2.35. The molecule has 68 valence electrons. The molecular weight excluding hydrogens is 234 g/mol. The molecule has 1 aromatic rings. The van der Waals surface area contributed by atoms with Crippen LogP contribution in [0.4, 0.5) is 0 Å². The zero-order valence-electron chi connectivity index (χ0n) is 7.30. The first-order chi connectivity index (χ1) is 6.22. The first kappa shape index (κ1) is 9.87. The number of benzene rings is 1. The second kappa shape index (κ2) is 4.15. The van der Waals surface area contributed by atoms with Gasteiger partial charge in [0, 0.05) is 0 Å². The van der Waals surface area contributed by atoms with Crippen molar-refractivity contribution in [2.24, 2.45) is 0 Å². The van der Waals surface area contributed by atoms with E-state index < -0.39 is 0 Å². The van der Waals surface area contributed by atoms with E-state index in [2.05, 4.69) is 15.9 Å². The molecule has 0 atom stereocenters. The van der Waals surface area contributed by atoms with Crippen LogP contribution in [0.15, 0.2) is 16.6 Å². The molecule has 0 aliphatic heterocycles. The van der Waals surface area contributed by atoms with Crippen LogP contribution < -0.4 is 9.47 Å². The number of nitrogens with zero attached hydrogens (tertiary/aromatic N) is 1. The summed E-state index contributed by atoms with van der Waals surface area (Å²) in [4.78, 5) is 0. The summed E-state index contributed by atoms with van der Waals surface area (Å²) in [6.07, 6.45) is 0. The van der Waals surface area contributed by atoms with Gasteiger partial charge in [0.15, 0.2) is 0 Å². The summed E-state index contributed by atoms with van der Waals surface area (Å²) >= 11 is 3.31. The highest BCUT2D eigenvalue weighted by Gasteiger charge is 2.08. The van der Waals surface area contributed by atoms with Gasteiger partial charge in [-0.15, -0.1) is 0 Å². The molecule has 0 aromatic heterocycles. The molecule has 0 spiro atoms. The van der Waals surface area contributed by atoms with Crippen LogP contribution in [0.25, 0.3) is 0 Å². The minimum atomic E-state index is 0.511. The maximum absolute atomic E-state index is 8.69. The molecule has 0 unspecified atom stereocenters. The molecule has 0 N–H and O–H groups in total. The normalized spacial score (nSPS) is 9.08. The van der Waals surface area contributed by atoms with Crippen molar-refractivity contribution in [3.63, 3.8) is 0 Å². The third-order valence-corrected chi connectivity index (χ3v) is 2.36. The van der Waals surface area contributed by atoms with Crippen molar-refractivity contribution in [1.82, 2.24) is 0 Å². The van der Waals surface area contributed by atoms with E-state index >= 15 is 0 Å². The Morgan fingerprint density at radius 3 is 2.00 bits per heavy atom. The summed E-state index contributed by atoms with van der Waals surface area (Å²) in [5, 5.41) is 8.69. The van der Waals surface area contributed by atoms with Crippen molar-refractivity contribution >= 4 is 15.9 Å². The predicted octanol–water partition coefficient (Wildman–Crippen LogP) is 2.34. The molecule has 0 saturated carbocycles. The first-order valence-corrected chi connectivity index (χ1v) is 4.34. The minimum Gasteiger partial charge on any atom is -0.495 e. The monoisotopic (exact) mass is 241 g/mol. The number of hydrogen-bond acceptors (Lipinski definition) is 3. The highest BCUT2D eigenvalue weighted by molar-refractivity contribution is 9.10. The summed E-state index contributed by atoms with van der Waals surface area (Å²) in [6, 6.07) is 5.31. The summed E-state index contributed by atoms with van der Waals surface area (Å²) in [7, 11) is 3.08. The maximum atomic E-state index is 8.69. The van der Waals surface area contributed by atoms with Crippen LogP contribution in [0.5, 0.6) is 11.5 Å². The lowest BCUT2D eigenvalue weighted by atomic mass is 10.2. The lowest BCUT2D eigenvalue weighted by molar-refractivity contribution is 0.389. The molecular formula is C9H8BrNO2. The van der Waals surface area contributed by atoms with Crippen molar-refractivity contribution in [2.45, 2.75) is 0 Å². The smallest absolute Gasteiger partial charge is 0.138 e. The number of ether oxygens (including phenoxy) is 2. The van der Waals surface area contributed by atoms with Crippen LogP contribution in [0.3, 0.4) is 0 Å². The van der Waals surface area contributed by atoms with E-state index in [4.69, 9.17) is 14.7 Å². The summed E-state index contributed by atoms with van der Waals surface area (Å²) in [5.74, 6) is 1.19. The highest BCUT2D eigenvalue weighted by atomic mass is 79.9. The van der Waals surface area contributed by atoms with Crippen LogP contribution in [-0.4, -0.2) is 14.2 Å². The van der Waals surface area contributed by atoms with Crippen LogP contribution in [0.1, 0.15) is 5.56 Å². The SMILES string of the molecule is COc1cc(C#N)cc(OC)c1Br. The molecule has 0 fully saturated rings. The van der Waals surface area contributed by atoms with Gasteiger partial charge >= 0.3 is 0 Å². The van der Waals surface area contributed by atoms with Gasteiger partial charge in [-0.1, -0.05) is 0 Å². The quantitative estimate of drug-likeness (QED) is 0.799. The van der Waals surface area contributed by atoms with Crippen molar-refractivity contribution in [2.75, 3.05) is 14.2 Å². The molecule has 4 heteroatoms. The molecule has 0 aliphatic carbocycles. The van der Waals surface area contributed by atoms with Gasteiger partial charge in [-0.25, -0.2) is 0 Å². The fourth-order valence-corrected chi connectivity index (χ4v) is 1.49. The van der Waals surface area contributed by atoms with E-state index in [-0.39, 0.29) is 0 Å². The number of rotatable bonds is 2. The largest absolute Gasteiger partial charge is 0.495 e. The van der Waals surface area contributed by atoms with Gasteiger partial charge < -0.3 is 9.47 Å². The third kappa shape index (κ3) is 1.93. The van der Waals surface area contributed by atoms with Crippen LogP contribution in [0, 0.1) is 11.3 Å². The van der Waals surface area contributed by atoms with Crippen LogP contribution in [0.2, 0.25) is 0 Å². The van der Waals surface area contributed by atoms with E-state index in [9.17, 15) is 0 Å². The number of halogens is 1. The van der Waals surface area contributed by atoms with Crippen LogP contribution in [-0.2, 0) is 0 Å². The van der Waals surface area contributed by atoms with Gasteiger partial charge in [-0.05, 0) is 28.1 Å². The summed E-state index contributed by atoms with van der Waals surface area (Å²) < 4.78 is 10.8. The van der Waals surface area contributed by atoms with Crippen molar-refractivity contribution in [1.29, 1.82) is 5.26 Å². The molecule has 13 heavy (non-hydrogen) atoms. The molecule has 0 amide bonds. The van der Waals surface area contributed by atoms with E-state index in [1.54, 1.807) is 26.4 Å². The maximum Gasteiger partial charge on any atom is 0.138 e. The first-order valence-electron chi connectivity index (χ1n) is 3.54. The number of hydrogen-bond donors (Lipinski definition) is 0. The van der Waals surface area contributed by atoms with E-state index in [0.29, 0.717) is 17.1 Å². The lowest BCUT2D eigenvalue weighted by Crippen LogP contribution is -1.91. The van der Waals surface area contributed by atoms with Gasteiger partial charge in [0.2, 0.25) is 0 Å². The van der Waals surface area contributed by atoms with Crippen molar-refractivity contribution in [3.8, 4) is 17.6 Å². The Morgan fingerprint density at radius 2 is 1.69 bits per heavy atom. The fourth-order valence-electron chi connectivity index (χ4n) is 0.934. The summed E-state index contributed by atoms with van der Waals surface area (Å²) in [6.45, 7) is 0. The average molecular weight is 242 g/mol. The number of methoxy groups -OCH3 is 2. The fraction of sp³-hybridized carbons (Fsp3) is 0.222. The second-order valence-corrected chi connectivity index (χ2v) is 3.10. The molecule has 1 aromatic carbocycles. The summed E-state index contributed by atoms with van der Waals surface area (Å²) in [5.41, 5.74) is 0.511. The molecule has 0 bridgehead atoms. The van der Waals surface area contributed by atoms with Gasteiger partial charge in [0.25, 0.3) is 0 Å². The molecule has 3 nitrogen and oxygen atoms in total. The van der Waals surface area contributed by atoms with E-state index in [1.165, 1.54) is 0 Å². The van der Waals surface area contributed by atoms with Gasteiger partial charge in [-0.3, -0.25) is 0 Å². The van der Waals surface area contributed by atoms with E-state index in [0.717, 1.165) is 4.47 Å². The Bertz CT molecular complexity index is 332. The van der Waals surface area contributed by atoms with Gasteiger partial charge in [0.05, 0.1) is 25.9 Å². The Hall–Kier alpha value is -1.21. The Kier molecular flexibility index (Phi) is 3.15. The zero-order valence-corrected chi connectivity index (χ0v) is 8.88. The Morgan fingerprint density at radius 1 is 1.23 bits per heavy atom. The predicted molar refractivity (Wildman–Crippen MR) is 52.0 cm³/mol. The minimum absolute atomic E-state index is 0.511. The van der Waals surface area contributed by atoms with E-state index in [1.807, 2.05) is 6.07 Å². The Balaban J connectivity index is 3.30. The van der Waals surface area contributed by atoms with Crippen LogP contribution >= 0.6 is 15.9 Å².